The molecule has 0 radical (unpaired) electrons. The third-order valence-corrected chi connectivity index (χ3v) is 8.39. The first-order chi connectivity index (χ1) is 13.4. The fourth-order valence-electron chi connectivity index (χ4n) is 3.03. The van der Waals surface area contributed by atoms with Gasteiger partial charge in [-0.15, -0.1) is 0 Å². The van der Waals surface area contributed by atoms with Crippen LogP contribution in [-0.4, -0.2) is 80.9 Å². The summed E-state index contributed by atoms with van der Waals surface area (Å²) >= 11 is -2.11. The van der Waals surface area contributed by atoms with Crippen molar-refractivity contribution in [1.82, 2.24) is 12.9 Å². The highest BCUT2D eigenvalue weighted by Gasteiger charge is 2.32. The van der Waals surface area contributed by atoms with Crippen LogP contribution in [0.15, 0.2) is 30.3 Å². The Morgan fingerprint density at radius 2 is 1.43 bits per heavy atom. The van der Waals surface area contributed by atoms with Crippen LogP contribution in [0.2, 0.25) is 0 Å². The lowest BCUT2D eigenvalue weighted by atomic mass is 10.2. The van der Waals surface area contributed by atoms with Gasteiger partial charge in [0, 0.05) is 19.5 Å². The number of esters is 2. The number of alkyl halides is 1. The second kappa shape index (κ2) is 9.42. The summed E-state index contributed by atoms with van der Waals surface area (Å²) in [7, 11) is 0. The summed E-state index contributed by atoms with van der Waals surface area (Å²) in [6.45, 7) is 1.26. The fraction of sp³-hybridized carbons (Fsp3) is 0.421. The molecule has 1 aromatic rings. The Morgan fingerprint density at radius 3 is 2.00 bits per heavy atom. The van der Waals surface area contributed by atoms with E-state index in [2.05, 4.69) is 8.55 Å². The van der Waals surface area contributed by atoms with Crippen LogP contribution >= 0.6 is 19.4 Å². The molecule has 0 aromatic heterocycles. The van der Waals surface area contributed by atoms with Crippen molar-refractivity contribution in [3.63, 3.8) is 0 Å². The summed E-state index contributed by atoms with van der Waals surface area (Å²) in [5, 5.41) is 0. The maximum Gasteiger partial charge on any atom is 0.327 e. The SMILES string of the molecule is CI(#CCc1ccccc1)N1C(=O)CN(CCN2CC(=O)OC(=O)C2)CC1=O. The standard InChI is InChI=1S/C19H22IN3O5/c1-20(8-7-15-5-3-2-4-6-15)23-16(24)11-21(12-17(23)25)9-10-22-13-18(26)28-19(27)14-22/h2-6H,7,9-14H2,1H3. The van der Waals surface area contributed by atoms with E-state index in [4.69, 9.17) is 0 Å². The number of benzene rings is 1. The van der Waals surface area contributed by atoms with Crippen molar-refractivity contribution < 1.29 is 23.9 Å². The van der Waals surface area contributed by atoms with Gasteiger partial charge in [0.2, 0.25) is 0 Å². The van der Waals surface area contributed by atoms with Gasteiger partial charge in [-0.25, -0.2) is 3.11 Å². The molecule has 28 heavy (non-hydrogen) atoms. The molecule has 0 spiro atoms. The zero-order valence-electron chi connectivity index (χ0n) is 15.6. The van der Waals surface area contributed by atoms with Gasteiger partial charge in [-0.2, -0.15) is 0 Å². The van der Waals surface area contributed by atoms with E-state index in [9.17, 15) is 19.2 Å². The molecule has 0 saturated carbocycles. The summed E-state index contributed by atoms with van der Waals surface area (Å²) in [5.41, 5.74) is 1.11. The van der Waals surface area contributed by atoms with Gasteiger partial charge >= 0.3 is 11.9 Å². The number of hydrogen-bond acceptors (Lipinski definition) is 7. The lowest BCUT2D eigenvalue weighted by Gasteiger charge is -2.33. The van der Waals surface area contributed by atoms with E-state index in [-0.39, 0.29) is 38.0 Å². The minimum absolute atomic E-state index is 0.0435. The summed E-state index contributed by atoms with van der Waals surface area (Å²) in [5.74, 6) is -1.53. The number of amides is 2. The van der Waals surface area contributed by atoms with Crippen LogP contribution in [-0.2, 0) is 30.3 Å². The van der Waals surface area contributed by atoms with Gasteiger partial charge in [-0.3, -0.25) is 29.0 Å². The highest BCUT2D eigenvalue weighted by molar-refractivity contribution is 14.2. The maximum atomic E-state index is 12.5. The van der Waals surface area contributed by atoms with Crippen molar-refractivity contribution in [2.24, 2.45) is 0 Å². The quantitative estimate of drug-likeness (QED) is 0.147. The second-order valence-electron chi connectivity index (χ2n) is 6.57. The van der Waals surface area contributed by atoms with Gasteiger partial charge in [-0.05, 0) is 29.9 Å². The van der Waals surface area contributed by atoms with Crippen LogP contribution in [0.3, 0.4) is 0 Å². The minimum atomic E-state index is -2.11. The number of piperazine rings is 1. The molecule has 0 atom stereocenters. The molecule has 2 fully saturated rings. The molecular weight excluding hydrogens is 477 g/mol. The highest BCUT2D eigenvalue weighted by atomic mass is 127. The first kappa shape index (κ1) is 20.7. The zero-order valence-corrected chi connectivity index (χ0v) is 17.8. The molecule has 2 saturated heterocycles. The van der Waals surface area contributed by atoms with E-state index < -0.39 is 31.4 Å². The topological polar surface area (TPSA) is 87.2 Å². The predicted molar refractivity (Wildman–Crippen MR) is 110 cm³/mol. The molecule has 9 heteroatoms. The summed E-state index contributed by atoms with van der Waals surface area (Å²) in [4.78, 5) is 53.1. The lowest BCUT2D eigenvalue weighted by Crippen LogP contribution is -2.53. The van der Waals surface area contributed by atoms with Crippen LogP contribution in [0.5, 0.6) is 0 Å². The summed E-state index contributed by atoms with van der Waals surface area (Å²) in [6, 6.07) is 9.85. The third-order valence-electron chi connectivity index (χ3n) is 4.38. The molecule has 0 unspecified atom stereocenters. The van der Waals surface area contributed by atoms with Crippen molar-refractivity contribution >= 4 is 43.2 Å². The molecule has 3 rings (SSSR count). The van der Waals surface area contributed by atoms with E-state index in [1.807, 2.05) is 35.3 Å². The smallest absolute Gasteiger partial charge is 0.327 e. The number of carbonyl (C=O) groups is 4. The molecule has 8 nitrogen and oxygen atoms in total. The molecule has 0 N–H and O–H groups in total. The molecule has 2 aliphatic heterocycles. The van der Waals surface area contributed by atoms with Crippen molar-refractivity contribution in [3.05, 3.63) is 35.9 Å². The van der Waals surface area contributed by atoms with Gasteiger partial charge in [0.05, 0.1) is 26.2 Å². The Hall–Kier alpha value is -2.07. The number of nitrogens with zero attached hydrogens (tertiary/aromatic N) is 3. The average molecular weight is 499 g/mol. The van der Waals surface area contributed by atoms with Gasteiger partial charge in [0.15, 0.2) is 0 Å². The number of cyclic esters (lactones) is 2. The molecule has 150 valence electrons. The highest BCUT2D eigenvalue weighted by Crippen LogP contribution is 2.26. The minimum Gasteiger partial charge on any atom is -0.391 e. The number of morpholine rings is 1. The monoisotopic (exact) mass is 499 g/mol. The number of carbonyl (C=O) groups excluding carboxylic acids is 4. The van der Waals surface area contributed by atoms with E-state index in [1.54, 1.807) is 9.80 Å². The zero-order chi connectivity index (χ0) is 20.1. The van der Waals surface area contributed by atoms with Crippen LogP contribution in [0.1, 0.15) is 5.56 Å². The average Bonchev–Trinajstić information content (AvgIpc) is 2.64. The Bertz CT molecular complexity index is 840. The van der Waals surface area contributed by atoms with Crippen LogP contribution in [0.4, 0.5) is 0 Å². The summed E-state index contributed by atoms with van der Waals surface area (Å²) < 4.78 is 9.27. The predicted octanol–water partition coefficient (Wildman–Crippen LogP) is 0.296. The number of rotatable bonds is 4. The van der Waals surface area contributed by atoms with Gasteiger partial charge in [0.25, 0.3) is 11.8 Å². The van der Waals surface area contributed by atoms with Gasteiger partial charge < -0.3 is 4.74 Å². The molecule has 2 aliphatic rings. The third kappa shape index (κ3) is 5.48. The Kier molecular flexibility index (Phi) is 6.95. The van der Waals surface area contributed by atoms with Crippen LogP contribution < -0.4 is 0 Å². The molecule has 2 amide bonds. The van der Waals surface area contributed by atoms with Crippen molar-refractivity contribution in [2.45, 2.75) is 6.42 Å². The van der Waals surface area contributed by atoms with Gasteiger partial charge in [0.1, 0.15) is 0 Å². The second-order valence-corrected chi connectivity index (χ2v) is 10.8. The maximum absolute atomic E-state index is 12.5. The Labute approximate surface area is 170 Å². The molecule has 1 aromatic carbocycles. The Morgan fingerprint density at radius 1 is 0.893 bits per heavy atom. The van der Waals surface area contributed by atoms with Crippen molar-refractivity contribution in [3.8, 4) is 3.81 Å². The largest absolute Gasteiger partial charge is 0.391 e. The van der Waals surface area contributed by atoms with E-state index in [1.165, 1.54) is 3.11 Å². The molecule has 0 bridgehead atoms. The molecule has 0 aliphatic carbocycles. The van der Waals surface area contributed by atoms with Crippen molar-refractivity contribution in [2.75, 3.05) is 44.2 Å². The van der Waals surface area contributed by atoms with E-state index in [0.29, 0.717) is 19.5 Å². The number of hydrogen-bond donors (Lipinski definition) is 0. The van der Waals surface area contributed by atoms with Crippen LogP contribution in [0.25, 0.3) is 0 Å². The fourth-order valence-corrected chi connectivity index (χ4v) is 6.28. The number of imide groups is 1. The van der Waals surface area contributed by atoms with Gasteiger partial charge in [-0.1, -0.05) is 34.1 Å². The Balaban J connectivity index is 1.55. The molecule has 2 heterocycles. The van der Waals surface area contributed by atoms with Crippen molar-refractivity contribution in [1.29, 1.82) is 0 Å². The van der Waals surface area contributed by atoms with E-state index in [0.717, 1.165) is 5.56 Å². The number of ether oxygens (including phenoxy) is 1. The summed E-state index contributed by atoms with van der Waals surface area (Å²) in [6.07, 6.45) is 0.627. The first-order valence-corrected chi connectivity index (χ1v) is 13.0. The lowest BCUT2D eigenvalue weighted by molar-refractivity contribution is -0.167. The molecular formula is C19H22IN3O5. The normalized spacial score (nSPS) is 19.1. The van der Waals surface area contributed by atoms with E-state index >= 15 is 0 Å². The number of halogens is 1. The first-order valence-electron chi connectivity index (χ1n) is 8.84. The van der Waals surface area contributed by atoms with Crippen LogP contribution in [0, 0.1) is 3.81 Å².